The largest absolute Gasteiger partial charge is 0.471 e. The van der Waals surface area contributed by atoms with Crippen LogP contribution in [0.15, 0.2) is 35.0 Å². The van der Waals surface area contributed by atoms with Crippen molar-refractivity contribution >= 4 is 17.5 Å². The van der Waals surface area contributed by atoms with Crippen molar-refractivity contribution < 1.29 is 32.3 Å². The van der Waals surface area contributed by atoms with Crippen LogP contribution in [0.2, 0.25) is 0 Å². The van der Waals surface area contributed by atoms with Crippen LogP contribution in [0.5, 0.6) is 5.88 Å². The Morgan fingerprint density at radius 3 is 2.58 bits per heavy atom. The number of aromatic nitrogens is 3. The zero-order valence-corrected chi connectivity index (χ0v) is 20.9. The highest BCUT2D eigenvalue weighted by Crippen LogP contribution is 2.40. The summed E-state index contributed by atoms with van der Waals surface area (Å²) in [4.78, 5) is 22.5. The standard InChI is InChI=1S/C26H27F2N5O5/c1-14-30-23(38-32-14)15-3-4-19(18(27)9-15)31-20-5-8-29-24(21(20)28)36-22-16-10-33(11-17(22)13-35-12-16)25(34)37-26(2)6-7-26/h3-5,8-9,16-17,22H,6-7,10-13H2,1-2H3,(H,29,31). The summed E-state index contributed by atoms with van der Waals surface area (Å²) in [6.45, 7) is 5.10. The number of piperidine rings is 1. The van der Waals surface area contributed by atoms with E-state index < -0.39 is 17.7 Å². The number of nitrogens with zero attached hydrogens (tertiary/aromatic N) is 4. The highest BCUT2D eigenvalue weighted by atomic mass is 19.1. The van der Waals surface area contributed by atoms with E-state index >= 15 is 4.39 Å². The third kappa shape index (κ3) is 4.87. The van der Waals surface area contributed by atoms with Crippen molar-refractivity contribution in [2.45, 2.75) is 38.4 Å². The van der Waals surface area contributed by atoms with Gasteiger partial charge in [0.1, 0.15) is 17.5 Å². The van der Waals surface area contributed by atoms with E-state index in [-0.39, 0.29) is 46.7 Å². The van der Waals surface area contributed by atoms with E-state index in [2.05, 4.69) is 20.4 Å². The molecule has 12 heteroatoms. The van der Waals surface area contributed by atoms with E-state index in [0.717, 1.165) is 12.8 Å². The topological polar surface area (TPSA) is 112 Å². The fraction of sp³-hybridized carbons (Fsp3) is 0.462. The molecule has 3 aromatic rings. The van der Waals surface area contributed by atoms with Gasteiger partial charge < -0.3 is 29.0 Å². The first-order valence-corrected chi connectivity index (χ1v) is 12.5. The maximum atomic E-state index is 15.4. The highest BCUT2D eigenvalue weighted by Gasteiger charge is 2.47. The van der Waals surface area contributed by atoms with E-state index in [0.29, 0.717) is 37.7 Å². The molecule has 1 aliphatic carbocycles. The molecule has 2 aliphatic heterocycles. The zero-order chi connectivity index (χ0) is 26.4. The molecule has 2 saturated heterocycles. The summed E-state index contributed by atoms with van der Waals surface area (Å²) in [5.74, 6) is -1.28. The highest BCUT2D eigenvalue weighted by molar-refractivity contribution is 5.69. The number of anilines is 2. The molecule has 0 radical (unpaired) electrons. The Morgan fingerprint density at radius 1 is 1.16 bits per heavy atom. The van der Waals surface area contributed by atoms with Crippen LogP contribution in [-0.2, 0) is 9.47 Å². The fourth-order valence-corrected chi connectivity index (χ4v) is 4.84. The number of hydrogen-bond donors (Lipinski definition) is 1. The van der Waals surface area contributed by atoms with Crippen LogP contribution in [0, 0.1) is 30.4 Å². The van der Waals surface area contributed by atoms with Gasteiger partial charge in [0.25, 0.3) is 11.8 Å². The molecule has 1 amide bonds. The Kier molecular flexibility index (Phi) is 6.13. The van der Waals surface area contributed by atoms with Gasteiger partial charge in [0.05, 0.1) is 24.6 Å². The third-order valence-corrected chi connectivity index (χ3v) is 7.17. The lowest BCUT2D eigenvalue weighted by Crippen LogP contribution is -2.59. The number of nitrogens with one attached hydrogen (secondary N) is 1. The smallest absolute Gasteiger partial charge is 0.410 e. The lowest BCUT2D eigenvalue weighted by molar-refractivity contribution is -0.112. The molecule has 38 heavy (non-hydrogen) atoms. The molecule has 3 fully saturated rings. The summed E-state index contributed by atoms with van der Waals surface area (Å²) in [6, 6.07) is 5.69. The summed E-state index contributed by atoms with van der Waals surface area (Å²) in [5, 5.41) is 6.48. The third-order valence-electron chi connectivity index (χ3n) is 7.17. The van der Waals surface area contributed by atoms with Crippen molar-refractivity contribution in [2.75, 3.05) is 31.6 Å². The average Bonchev–Trinajstić information content (AvgIpc) is 3.44. The van der Waals surface area contributed by atoms with Gasteiger partial charge in [-0.25, -0.2) is 14.2 Å². The SMILES string of the molecule is Cc1noc(-c2ccc(Nc3ccnc(OC4C5COCC4CN(C(=O)OC4(C)CC4)C5)c3F)c(F)c2)n1. The Bertz CT molecular complexity index is 1350. The maximum absolute atomic E-state index is 15.4. The molecule has 2 bridgehead atoms. The molecule has 10 nitrogen and oxygen atoms in total. The van der Waals surface area contributed by atoms with Crippen LogP contribution in [-0.4, -0.2) is 64.1 Å². The normalized spacial score (nSPS) is 23.6. The molecule has 1 saturated carbocycles. The van der Waals surface area contributed by atoms with Crippen molar-refractivity contribution in [3.8, 4) is 17.3 Å². The minimum absolute atomic E-state index is 0.00962. The molecule has 2 aromatic heterocycles. The molecule has 3 aliphatic rings. The first-order valence-electron chi connectivity index (χ1n) is 12.5. The second-order valence-corrected chi connectivity index (χ2v) is 10.3. The summed E-state index contributed by atoms with van der Waals surface area (Å²) in [5.41, 5.74) is 0.114. The van der Waals surface area contributed by atoms with E-state index in [4.69, 9.17) is 18.7 Å². The van der Waals surface area contributed by atoms with E-state index in [1.165, 1.54) is 24.4 Å². The van der Waals surface area contributed by atoms with Crippen molar-refractivity contribution in [3.05, 3.63) is 47.9 Å². The lowest BCUT2D eigenvalue weighted by atomic mass is 9.84. The number of hydrogen-bond acceptors (Lipinski definition) is 9. The van der Waals surface area contributed by atoms with Gasteiger partial charge in [-0.15, -0.1) is 0 Å². The molecule has 2 atom stereocenters. The number of amides is 1. The fourth-order valence-electron chi connectivity index (χ4n) is 4.84. The number of halogens is 2. The number of pyridine rings is 1. The Labute approximate surface area is 217 Å². The molecule has 4 heterocycles. The van der Waals surface area contributed by atoms with Gasteiger partial charge in [-0.05, 0) is 51.0 Å². The quantitative estimate of drug-likeness (QED) is 0.496. The van der Waals surface area contributed by atoms with Crippen LogP contribution in [0.4, 0.5) is 25.0 Å². The summed E-state index contributed by atoms with van der Waals surface area (Å²) < 4.78 is 52.7. The summed E-state index contributed by atoms with van der Waals surface area (Å²) in [6.07, 6.45) is 2.41. The van der Waals surface area contributed by atoms with E-state index in [1.54, 1.807) is 17.9 Å². The molecular weight excluding hydrogens is 500 g/mol. The number of carbonyl (C=O) groups is 1. The van der Waals surface area contributed by atoms with Gasteiger partial charge in [0.2, 0.25) is 5.82 Å². The van der Waals surface area contributed by atoms with Crippen LogP contribution in [0.25, 0.3) is 11.5 Å². The number of aryl methyl sites for hydroxylation is 1. The molecule has 6 rings (SSSR count). The Balaban J connectivity index is 1.16. The number of carbonyl (C=O) groups excluding carboxylic acids is 1. The Morgan fingerprint density at radius 2 is 1.92 bits per heavy atom. The monoisotopic (exact) mass is 527 g/mol. The van der Waals surface area contributed by atoms with Gasteiger partial charge in [0.15, 0.2) is 5.82 Å². The van der Waals surface area contributed by atoms with Gasteiger partial charge in [-0.1, -0.05) is 5.16 Å². The predicted octanol–water partition coefficient (Wildman–Crippen LogP) is 4.48. The van der Waals surface area contributed by atoms with Crippen molar-refractivity contribution in [3.63, 3.8) is 0 Å². The predicted molar refractivity (Wildman–Crippen MR) is 130 cm³/mol. The maximum Gasteiger partial charge on any atom is 0.410 e. The van der Waals surface area contributed by atoms with Crippen molar-refractivity contribution in [1.29, 1.82) is 0 Å². The first kappa shape index (κ1) is 24.5. The van der Waals surface area contributed by atoms with Gasteiger partial charge in [0, 0.05) is 36.7 Å². The second-order valence-electron chi connectivity index (χ2n) is 10.3. The molecule has 2 unspecified atom stereocenters. The van der Waals surface area contributed by atoms with E-state index in [9.17, 15) is 9.18 Å². The van der Waals surface area contributed by atoms with Crippen LogP contribution >= 0.6 is 0 Å². The van der Waals surface area contributed by atoms with Gasteiger partial charge >= 0.3 is 6.09 Å². The second kappa shape index (κ2) is 9.50. The molecular formula is C26H27F2N5O5. The number of fused-ring (bicyclic) bond motifs is 2. The molecule has 1 aromatic carbocycles. The van der Waals surface area contributed by atoms with E-state index in [1.807, 2.05) is 6.92 Å². The summed E-state index contributed by atoms with van der Waals surface area (Å²) >= 11 is 0. The minimum Gasteiger partial charge on any atom is -0.471 e. The molecule has 1 N–H and O–H groups in total. The number of rotatable bonds is 6. The number of benzene rings is 1. The molecule has 0 spiro atoms. The lowest BCUT2D eigenvalue weighted by Gasteiger charge is -2.46. The van der Waals surface area contributed by atoms with Crippen LogP contribution < -0.4 is 10.1 Å². The minimum atomic E-state index is -0.744. The summed E-state index contributed by atoms with van der Waals surface area (Å²) in [7, 11) is 0. The van der Waals surface area contributed by atoms with Crippen molar-refractivity contribution in [2.24, 2.45) is 11.8 Å². The van der Waals surface area contributed by atoms with Crippen LogP contribution in [0.3, 0.4) is 0 Å². The van der Waals surface area contributed by atoms with Gasteiger partial charge in [-0.3, -0.25) is 0 Å². The Hall–Kier alpha value is -3.80. The zero-order valence-electron chi connectivity index (χ0n) is 20.9. The van der Waals surface area contributed by atoms with Crippen LogP contribution in [0.1, 0.15) is 25.6 Å². The van der Waals surface area contributed by atoms with Gasteiger partial charge in [-0.2, -0.15) is 9.37 Å². The number of ether oxygens (including phenoxy) is 3. The number of likely N-dealkylation sites (tertiary alicyclic amines) is 1. The average molecular weight is 528 g/mol. The molecule has 200 valence electrons. The first-order chi connectivity index (χ1) is 18.3. The van der Waals surface area contributed by atoms with Crippen molar-refractivity contribution in [1.82, 2.24) is 20.0 Å².